The molecule has 0 saturated carbocycles. The summed E-state index contributed by atoms with van der Waals surface area (Å²) in [7, 11) is 0. The Morgan fingerprint density at radius 2 is 1.34 bits per heavy atom. The molecule has 3 rings (SSSR count). The molecule has 0 heterocycles. The zero-order valence-corrected chi connectivity index (χ0v) is 15.6. The van der Waals surface area contributed by atoms with Crippen LogP contribution in [0.3, 0.4) is 0 Å². The highest BCUT2D eigenvalue weighted by molar-refractivity contribution is 5.84. The van der Waals surface area contributed by atoms with Gasteiger partial charge in [0.15, 0.2) is 0 Å². The van der Waals surface area contributed by atoms with Crippen molar-refractivity contribution in [1.29, 1.82) is 0 Å². The van der Waals surface area contributed by atoms with E-state index in [1.165, 1.54) is 0 Å². The quantitative estimate of drug-likeness (QED) is 0.583. The smallest absolute Gasteiger partial charge is 0.416 e. The lowest BCUT2D eigenvalue weighted by molar-refractivity contribution is -0.137. The van der Waals surface area contributed by atoms with Crippen molar-refractivity contribution in [2.45, 2.75) is 24.7 Å². The SMILES string of the molecule is C[C@@H](N=Cc1cc(C(F)(F)F)ccc1O)C(O)(c1ccccc1)c1ccccc1. The maximum atomic E-state index is 13.0. The van der Waals surface area contributed by atoms with Gasteiger partial charge < -0.3 is 10.2 Å². The number of hydrogen-bond donors (Lipinski definition) is 2. The molecular formula is C23H20F3NO2. The second kappa shape index (κ2) is 8.09. The third-order valence-electron chi connectivity index (χ3n) is 4.82. The summed E-state index contributed by atoms with van der Waals surface area (Å²) in [4.78, 5) is 4.30. The van der Waals surface area contributed by atoms with Crippen molar-refractivity contribution in [2.75, 3.05) is 0 Å². The molecule has 0 unspecified atom stereocenters. The van der Waals surface area contributed by atoms with Gasteiger partial charge in [0.25, 0.3) is 0 Å². The number of halogens is 3. The lowest BCUT2D eigenvalue weighted by Crippen LogP contribution is -2.38. The predicted octanol–water partition coefficient (Wildman–Crippen LogP) is 5.15. The highest BCUT2D eigenvalue weighted by Crippen LogP contribution is 2.35. The fourth-order valence-corrected chi connectivity index (χ4v) is 3.17. The fraction of sp³-hybridized carbons (Fsp3) is 0.174. The number of benzene rings is 3. The van der Waals surface area contributed by atoms with Gasteiger partial charge in [-0.15, -0.1) is 0 Å². The molecule has 0 bridgehead atoms. The molecular weight excluding hydrogens is 379 g/mol. The van der Waals surface area contributed by atoms with Crippen molar-refractivity contribution < 1.29 is 23.4 Å². The molecule has 0 aliphatic heterocycles. The average Bonchev–Trinajstić information content (AvgIpc) is 2.72. The molecule has 3 aromatic carbocycles. The molecule has 3 aromatic rings. The summed E-state index contributed by atoms with van der Waals surface area (Å²) in [6, 6.07) is 19.7. The first kappa shape index (κ1) is 20.6. The first-order valence-corrected chi connectivity index (χ1v) is 8.99. The lowest BCUT2D eigenvalue weighted by atomic mass is 9.81. The largest absolute Gasteiger partial charge is 0.507 e. The van der Waals surface area contributed by atoms with E-state index in [0.717, 1.165) is 24.4 Å². The van der Waals surface area contributed by atoms with Gasteiger partial charge in [-0.25, -0.2) is 0 Å². The monoisotopic (exact) mass is 399 g/mol. The third kappa shape index (κ3) is 4.32. The molecule has 150 valence electrons. The van der Waals surface area contributed by atoms with E-state index in [2.05, 4.69) is 4.99 Å². The van der Waals surface area contributed by atoms with E-state index in [1.54, 1.807) is 55.5 Å². The van der Waals surface area contributed by atoms with Crippen LogP contribution < -0.4 is 0 Å². The van der Waals surface area contributed by atoms with Crippen LogP contribution in [0.5, 0.6) is 5.75 Å². The van der Waals surface area contributed by atoms with Crippen LogP contribution in [0.1, 0.15) is 29.2 Å². The van der Waals surface area contributed by atoms with E-state index in [9.17, 15) is 23.4 Å². The Balaban J connectivity index is 2.01. The van der Waals surface area contributed by atoms with Gasteiger partial charge in [0.2, 0.25) is 0 Å². The Labute approximate surface area is 166 Å². The summed E-state index contributed by atoms with van der Waals surface area (Å²) in [5.41, 5.74) is -1.26. The molecule has 1 atom stereocenters. The van der Waals surface area contributed by atoms with Gasteiger partial charge in [-0.2, -0.15) is 13.2 Å². The van der Waals surface area contributed by atoms with Crippen LogP contribution in [0, 0.1) is 0 Å². The number of aliphatic imine (C=N–C) groups is 1. The molecule has 0 radical (unpaired) electrons. The van der Waals surface area contributed by atoms with Crippen LogP contribution >= 0.6 is 0 Å². The molecule has 0 fully saturated rings. The van der Waals surface area contributed by atoms with Crippen molar-refractivity contribution in [2.24, 2.45) is 4.99 Å². The molecule has 2 N–H and O–H groups in total. The summed E-state index contributed by atoms with van der Waals surface area (Å²) in [5.74, 6) is -0.322. The molecule has 29 heavy (non-hydrogen) atoms. The Morgan fingerprint density at radius 3 is 1.83 bits per heavy atom. The molecule has 0 amide bonds. The average molecular weight is 399 g/mol. The zero-order valence-electron chi connectivity index (χ0n) is 15.6. The van der Waals surface area contributed by atoms with Crippen LogP contribution in [-0.2, 0) is 11.8 Å². The lowest BCUT2D eigenvalue weighted by Gasteiger charge is -2.33. The highest BCUT2D eigenvalue weighted by Gasteiger charge is 2.37. The minimum absolute atomic E-state index is 0.0739. The molecule has 0 spiro atoms. The number of aromatic hydroxyl groups is 1. The van der Waals surface area contributed by atoms with E-state index in [0.29, 0.717) is 11.1 Å². The summed E-state index contributed by atoms with van der Waals surface area (Å²) < 4.78 is 38.9. The van der Waals surface area contributed by atoms with E-state index < -0.39 is 23.4 Å². The van der Waals surface area contributed by atoms with Crippen LogP contribution in [0.15, 0.2) is 83.9 Å². The maximum Gasteiger partial charge on any atom is 0.416 e. The minimum atomic E-state index is -4.53. The summed E-state index contributed by atoms with van der Waals surface area (Å²) in [6.45, 7) is 1.67. The number of hydrogen-bond acceptors (Lipinski definition) is 3. The fourth-order valence-electron chi connectivity index (χ4n) is 3.17. The second-order valence-corrected chi connectivity index (χ2v) is 6.72. The van der Waals surface area contributed by atoms with Gasteiger partial charge in [0.1, 0.15) is 11.4 Å². The van der Waals surface area contributed by atoms with Gasteiger partial charge in [-0.05, 0) is 36.2 Å². The van der Waals surface area contributed by atoms with Crippen LogP contribution in [-0.4, -0.2) is 22.5 Å². The Hall–Kier alpha value is -3.12. The summed E-state index contributed by atoms with van der Waals surface area (Å²) in [6.07, 6.45) is -3.37. The van der Waals surface area contributed by atoms with Crippen LogP contribution in [0.2, 0.25) is 0 Å². The first-order chi connectivity index (χ1) is 13.7. The van der Waals surface area contributed by atoms with E-state index in [4.69, 9.17) is 0 Å². The van der Waals surface area contributed by atoms with E-state index in [-0.39, 0.29) is 11.3 Å². The Bertz CT molecular complexity index is 947. The van der Waals surface area contributed by atoms with Crippen molar-refractivity contribution in [1.82, 2.24) is 0 Å². The number of phenolic OH excluding ortho intramolecular Hbond substituents is 1. The predicted molar refractivity (Wildman–Crippen MR) is 106 cm³/mol. The standard InChI is InChI=1S/C23H20F3NO2/c1-16(27-15-17-14-20(23(24,25)26)12-13-21(17)28)22(29,18-8-4-2-5-9-18)19-10-6-3-7-11-19/h2-16,28-29H,1H3/t16-/m1/s1. The van der Waals surface area contributed by atoms with Gasteiger partial charge in [0, 0.05) is 11.8 Å². The van der Waals surface area contributed by atoms with Crippen molar-refractivity contribution in [3.8, 4) is 5.75 Å². The first-order valence-electron chi connectivity index (χ1n) is 8.99. The topological polar surface area (TPSA) is 52.8 Å². The van der Waals surface area contributed by atoms with Gasteiger partial charge in [0.05, 0.1) is 11.6 Å². The molecule has 6 heteroatoms. The number of alkyl halides is 3. The minimum Gasteiger partial charge on any atom is -0.507 e. The number of phenols is 1. The number of aliphatic hydroxyl groups is 1. The number of nitrogens with zero attached hydrogens (tertiary/aromatic N) is 1. The molecule has 3 nitrogen and oxygen atoms in total. The molecule has 0 aliphatic rings. The maximum absolute atomic E-state index is 13.0. The second-order valence-electron chi connectivity index (χ2n) is 6.72. The Kier molecular flexibility index (Phi) is 5.75. The Morgan fingerprint density at radius 1 is 0.828 bits per heavy atom. The van der Waals surface area contributed by atoms with Gasteiger partial charge >= 0.3 is 6.18 Å². The van der Waals surface area contributed by atoms with Gasteiger partial charge in [-0.3, -0.25) is 4.99 Å². The van der Waals surface area contributed by atoms with E-state index >= 15 is 0 Å². The highest BCUT2D eigenvalue weighted by atomic mass is 19.4. The van der Waals surface area contributed by atoms with E-state index in [1.807, 2.05) is 12.1 Å². The van der Waals surface area contributed by atoms with Crippen molar-refractivity contribution >= 4 is 6.21 Å². The molecule has 0 saturated heterocycles. The zero-order chi connectivity index (χ0) is 21.1. The normalized spacial score (nSPS) is 13.6. The summed E-state index contributed by atoms with van der Waals surface area (Å²) in [5, 5.41) is 21.5. The third-order valence-corrected chi connectivity index (χ3v) is 4.82. The van der Waals surface area contributed by atoms with Crippen molar-refractivity contribution in [3.63, 3.8) is 0 Å². The van der Waals surface area contributed by atoms with Crippen LogP contribution in [0.4, 0.5) is 13.2 Å². The number of rotatable bonds is 5. The van der Waals surface area contributed by atoms with Crippen molar-refractivity contribution in [3.05, 3.63) is 101 Å². The summed E-state index contributed by atoms with van der Waals surface area (Å²) >= 11 is 0. The van der Waals surface area contributed by atoms with Crippen LogP contribution in [0.25, 0.3) is 0 Å². The molecule has 0 aliphatic carbocycles. The van der Waals surface area contributed by atoms with Gasteiger partial charge in [-0.1, -0.05) is 60.7 Å². The molecule has 0 aromatic heterocycles.